The van der Waals surface area contributed by atoms with Gasteiger partial charge in [0.1, 0.15) is 17.7 Å². The Hall–Kier alpha value is -2.32. The van der Waals surface area contributed by atoms with E-state index in [1.807, 2.05) is 6.92 Å². The van der Waals surface area contributed by atoms with Crippen LogP contribution >= 0.6 is 0 Å². The predicted molar refractivity (Wildman–Crippen MR) is 90.6 cm³/mol. The molecule has 5 N–H and O–H groups in total. The molecule has 25 heavy (non-hydrogen) atoms. The first-order valence-corrected chi connectivity index (χ1v) is 8.18. The summed E-state index contributed by atoms with van der Waals surface area (Å²) in [5.74, 6) is -2.85. The molecule has 0 aliphatic heterocycles. The number of carbonyl (C=O) groups is 4. The number of hydrogen-bond donors (Lipinski definition) is 4. The summed E-state index contributed by atoms with van der Waals surface area (Å²) in [7, 11) is 0. The van der Waals surface area contributed by atoms with Crippen LogP contribution in [-0.2, 0) is 19.1 Å². The third-order valence-corrected chi connectivity index (χ3v) is 3.46. The number of amides is 3. The van der Waals surface area contributed by atoms with Gasteiger partial charge >= 0.3 is 12.1 Å². The molecule has 0 aromatic carbocycles. The van der Waals surface area contributed by atoms with E-state index < -0.39 is 41.6 Å². The molecule has 0 aromatic rings. The highest BCUT2D eigenvalue weighted by Crippen LogP contribution is 2.12. The first-order chi connectivity index (χ1) is 11.4. The monoisotopic (exact) mass is 359 g/mol. The van der Waals surface area contributed by atoms with Crippen molar-refractivity contribution in [3.63, 3.8) is 0 Å². The molecular weight excluding hydrogens is 330 g/mol. The average molecular weight is 359 g/mol. The standard InChI is InChI=1S/C16H29N3O6/c1-6-9(2)12(19-15(24)25-16(3,4)5)13(21)18-10(14(22)23)7-8-11(17)20/h9-10,12H,6-8H2,1-5H3,(H2,17,20)(H,18,21)(H,19,24)(H,22,23)/t9-,10+,12-/m1/s1. The zero-order valence-corrected chi connectivity index (χ0v) is 15.4. The van der Waals surface area contributed by atoms with E-state index in [0.717, 1.165) is 0 Å². The maximum absolute atomic E-state index is 12.4. The van der Waals surface area contributed by atoms with E-state index in [2.05, 4.69) is 10.6 Å². The van der Waals surface area contributed by atoms with Gasteiger partial charge in [-0.05, 0) is 33.1 Å². The van der Waals surface area contributed by atoms with Gasteiger partial charge in [0.2, 0.25) is 11.8 Å². The Morgan fingerprint density at radius 1 is 1.16 bits per heavy atom. The summed E-state index contributed by atoms with van der Waals surface area (Å²) < 4.78 is 5.14. The fourth-order valence-corrected chi connectivity index (χ4v) is 1.94. The number of alkyl carbamates (subject to hydrolysis) is 1. The number of ether oxygens (including phenoxy) is 1. The molecule has 0 radical (unpaired) electrons. The number of carboxylic acids is 1. The molecule has 0 unspecified atom stereocenters. The van der Waals surface area contributed by atoms with Gasteiger partial charge in [0, 0.05) is 6.42 Å². The van der Waals surface area contributed by atoms with Crippen molar-refractivity contribution in [2.75, 3.05) is 0 Å². The van der Waals surface area contributed by atoms with Crippen LogP contribution in [0.3, 0.4) is 0 Å². The van der Waals surface area contributed by atoms with Crippen LogP contribution in [0.2, 0.25) is 0 Å². The van der Waals surface area contributed by atoms with Crippen molar-refractivity contribution in [2.24, 2.45) is 11.7 Å². The smallest absolute Gasteiger partial charge is 0.408 e. The third kappa shape index (κ3) is 9.53. The van der Waals surface area contributed by atoms with Crippen molar-refractivity contribution >= 4 is 23.9 Å². The molecular formula is C16H29N3O6. The number of rotatable bonds is 9. The summed E-state index contributed by atoms with van der Waals surface area (Å²) in [4.78, 5) is 46.4. The summed E-state index contributed by atoms with van der Waals surface area (Å²) in [6.07, 6.45) is -0.495. The van der Waals surface area contributed by atoms with Gasteiger partial charge in [0.15, 0.2) is 0 Å². The quantitative estimate of drug-likeness (QED) is 0.478. The first-order valence-electron chi connectivity index (χ1n) is 8.18. The van der Waals surface area contributed by atoms with Crippen molar-refractivity contribution in [3.8, 4) is 0 Å². The van der Waals surface area contributed by atoms with Crippen molar-refractivity contribution < 1.29 is 29.0 Å². The van der Waals surface area contributed by atoms with E-state index in [4.69, 9.17) is 15.6 Å². The number of carboxylic acid groups (broad SMARTS) is 1. The van der Waals surface area contributed by atoms with E-state index in [-0.39, 0.29) is 18.8 Å². The summed E-state index contributed by atoms with van der Waals surface area (Å²) in [5, 5.41) is 14.0. The van der Waals surface area contributed by atoms with Gasteiger partial charge in [-0.15, -0.1) is 0 Å². The fraction of sp³-hybridized carbons (Fsp3) is 0.750. The SMILES string of the molecule is CC[C@@H](C)[C@@H](NC(=O)OC(C)(C)C)C(=O)N[C@@H](CCC(N)=O)C(=O)O. The zero-order chi connectivity index (χ0) is 19.8. The third-order valence-electron chi connectivity index (χ3n) is 3.46. The van der Waals surface area contributed by atoms with Gasteiger partial charge in [-0.3, -0.25) is 9.59 Å². The molecule has 0 saturated carbocycles. The molecule has 0 rings (SSSR count). The topological polar surface area (TPSA) is 148 Å². The van der Waals surface area contributed by atoms with E-state index in [9.17, 15) is 19.2 Å². The van der Waals surface area contributed by atoms with Crippen molar-refractivity contribution in [1.29, 1.82) is 0 Å². The lowest BCUT2D eigenvalue weighted by Gasteiger charge is -2.27. The minimum Gasteiger partial charge on any atom is -0.480 e. The second-order valence-corrected chi connectivity index (χ2v) is 6.91. The van der Waals surface area contributed by atoms with Crippen molar-refractivity contribution in [2.45, 2.75) is 71.6 Å². The molecule has 0 bridgehead atoms. The van der Waals surface area contributed by atoms with Crippen LogP contribution < -0.4 is 16.4 Å². The van der Waals surface area contributed by atoms with Gasteiger partial charge in [-0.25, -0.2) is 9.59 Å². The normalized spacial score (nSPS) is 14.8. The van der Waals surface area contributed by atoms with Gasteiger partial charge in [0.25, 0.3) is 0 Å². The highest BCUT2D eigenvalue weighted by Gasteiger charge is 2.31. The van der Waals surface area contributed by atoms with Crippen LogP contribution in [-0.4, -0.2) is 46.7 Å². The van der Waals surface area contributed by atoms with Crippen LogP contribution in [0.15, 0.2) is 0 Å². The number of carbonyl (C=O) groups excluding carboxylic acids is 3. The molecule has 9 nitrogen and oxygen atoms in total. The second kappa shape index (κ2) is 9.85. The highest BCUT2D eigenvalue weighted by atomic mass is 16.6. The number of nitrogens with one attached hydrogen (secondary N) is 2. The second-order valence-electron chi connectivity index (χ2n) is 6.91. The Morgan fingerprint density at radius 2 is 1.72 bits per heavy atom. The molecule has 0 spiro atoms. The number of primary amides is 1. The van der Waals surface area contributed by atoms with Gasteiger partial charge < -0.3 is 26.2 Å². The summed E-state index contributed by atoms with van der Waals surface area (Å²) in [5.41, 5.74) is 4.28. The lowest BCUT2D eigenvalue weighted by molar-refractivity contribution is -0.142. The zero-order valence-electron chi connectivity index (χ0n) is 15.4. The summed E-state index contributed by atoms with van der Waals surface area (Å²) in [6, 6.07) is -2.23. The Morgan fingerprint density at radius 3 is 2.12 bits per heavy atom. The number of hydrogen-bond acceptors (Lipinski definition) is 5. The van der Waals surface area contributed by atoms with Crippen LogP contribution in [0, 0.1) is 5.92 Å². The Bertz CT molecular complexity index is 501. The van der Waals surface area contributed by atoms with E-state index in [1.165, 1.54) is 0 Å². The van der Waals surface area contributed by atoms with Crippen LogP contribution in [0.25, 0.3) is 0 Å². The van der Waals surface area contributed by atoms with Crippen molar-refractivity contribution in [1.82, 2.24) is 10.6 Å². The largest absolute Gasteiger partial charge is 0.480 e. The Balaban J connectivity index is 5.06. The van der Waals surface area contributed by atoms with Gasteiger partial charge in [-0.1, -0.05) is 20.3 Å². The minimum atomic E-state index is -1.28. The van der Waals surface area contributed by atoms with Gasteiger partial charge in [-0.2, -0.15) is 0 Å². The maximum atomic E-state index is 12.4. The minimum absolute atomic E-state index is 0.129. The van der Waals surface area contributed by atoms with Gasteiger partial charge in [0.05, 0.1) is 0 Å². The molecule has 3 amide bonds. The maximum Gasteiger partial charge on any atom is 0.408 e. The first kappa shape index (κ1) is 22.7. The van der Waals surface area contributed by atoms with Crippen LogP contribution in [0.1, 0.15) is 53.9 Å². The molecule has 9 heteroatoms. The molecule has 0 aliphatic carbocycles. The molecule has 0 saturated heterocycles. The highest BCUT2D eigenvalue weighted by molar-refractivity contribution is 5.89. The lowest BCUT2D eigenvalue weighted by Crippen LogP contribution is -2.54. The van der Waals surface area contributed by atoms with E-state index in [0.29, 0.717) is 6.42 Å². The number of aliphatic carboxylic acids is 1. The van der Waals surface area contributed by atoms with E-state index >= 15 is 0 Å². The van der Waals surface area contributed by atoms with Crippen LogP contribution in [0.4, 0.5) is 4.79 Å². The molecule has 0 aliphatic rings. The molecule has 3 atom stereocenters. The number of nitrogens with two attached hydrogens (primary N) is 1. The van der Waals surface area contributed by atoms with Crippen LogP contribution in [0.5, 0.6) is 0 Å². The Labute approximate surface area is 147 Å². The van der Waals surface area contributed by atoms with E-state index in [1.54, 1.807) is 27.7 Å². The average Bonchev–Trinajstić information content (AvgIpc) is 2.45. The fourth-order valence-electron chi connectivity index (χ4n) is 1.94. The summed E-state index contributed by atoms with van der Waals surface area (Å²) >= 11 is 0. The van der Waals surface area contributed by atoms with Crippen molar-refractivity contribution in [3.05, 3.63) is 0 Å². The summed E-state index contributed by atoms with van der Waals surface area (Å²) in [6.45, 7) is 8.66. The predicted octanol–water partition coefficient (Wildman–Crippen LogP) is 0.761. The molecule has 0 fully saturated rings. The lowest BCUT2D eigenvalue weighted by atomic mass is 9.98. The molecule has 144 valence electrons. The Kier molecular flexibility index (Phi) is 8.94. The molecule has 0 heterocycles. The molecule has 0 aromatic heterocycles.